The van der Waals surface area contributed by atoms with E-state index in [1.54, 1.807) is 0 Å². The first-order valence-corrected chi connectivity index (χ1v) is 19.7. The minimum absolute atomic E-state index is 0.00399. The topological polar surface area (TPSA) is 35.5 Å². The van der Waals surface area contributed by atoms with E-state index >= 15 is 0 Å². The molecule has 0 aromatic heterocycles. The lowest BCUT2D eigenvalue weighted by atomic mass is 9.46. The van der Waals surface area contributed by atoms with Gasteiger partial charge in [-0.25, -0.2) is 0 Å². The van der Waals surface area contributed by atoms with Gasteiger partial charge < -0.3 is 8.85 Å². The first-order chi connectivity index (χ1) is 15.3. The van der Waals surface area contributed by atoms with E-state index in [0.29, 0.717) is 24.2 Å². The zero-order chi connectivity index (χ0) is 26.0. The smallest absolute Gasteiger partial charge is 0.192 e. The second kappa shape index (κ2) is 8.95. The molecular weight excluding hydrogens is 452 g/mol. The molecule has 3 nitrogen and oxygen atoms in total. The summed E-state index contributed by atoms with van der Waals surface area (Å²) in [5.74, 6) is 0.895. The number of carbonyl (C=O) groups excluding carboxylic acids is 1. The second-order valence-corrected chi connectivity index (χ2v) is 24.7. The fourth-order valence-electron chi connectivity index (χ4n) is 6.58. The number of allylic oxidation sites excluding steroid dienone is 1. The van der Waals surface area contributed by atoms with Gasteiger partial charge in [-0.1, -0.05) is 60.5 Å². The van der Waals surface area contributed by atoms with Crippen LogP contribution in [0.2, 0.25) is 36.3 Å². The standard InChI is InChI=1S/C29H54O3Si2/c1-21-22-16-18-28(8)24(14-13-15-25(28)32-34(11,12)27(5,6)7)29(22,19-17-23(21)30)20-31-33(9,10)26(2,3)4/h24-25H,13-20H2,1-12H3/t24-,25+,28+,29+/m0/s1. The molecule has 3 aliphatic carbocycles. The SMILES string of the molecule is CC1=C2CC[C@]3(C)[C@H](CCC[C@H]3O[Si](C)(C)C(C)(C)C)[C@@]2(CO[Si](C)(C)C(C)(C)C)CCC1=O. The number of Topliss-reactive ketones (excluding diaryl/α,β-unsaturated/α-hetero) is 1. The third-order valence-corrected chi connectivity index (χ3v) is 20.0. The first-order valence-electron chi connectivity index (χ1n) is 13.8. The van der Waals surface area contributed by atoms with Crippen molar-refractivity contribution in [2.45, 2.75) is 143 Å². The molecule has 2 saturated carbocycles. The van der Waals surface area contributed by atoms with Gasteiger partial charge in [-0.15, -0.1) is 0 Å². The molecule has 0 aromatic carbocycles. The van der Waals surface area contributed by atoms with Crippen LogP contribution in [0.4, 0.5) is 0 Å². The highest BCUT2D eigenvalue weighted by Gasteiger charge is 2.60. The van der Waals surface area contributed by atoms with Crippen LogP contribution in [0.5, 0.6) is 0 Å². The number of hydrogen-bond acceptors (Lipinski definition) is 3. The van der Waals surface area contributed by atoms with Crippen molar-refractivity contribution in [3.63, 3.8) is 0 Å². The summed E-state index contributed by atoms with van der Waals surface area (Å²) in [5, 5.41) is 0.401. The quantitative estimate of drug-likeness (QED) is 0.350. The molecule has 5 heteroatoms. The Labute approximate surface area is 213 Å². The molecule has 3 rings (SSSR count). The monoisotopic (exact) mass is 506 g/mol. The summed E-state index contributed by atoms with van der Waals surface area (Å²) in [4.78, 5) is 12.8. The van der Waals surface area contributed by atoms with E-state index in [1.165, 1.54) is 24.8 Å². The average molecular weight is 507 g/mol. The fourth-order valence-corrected chi connectivity index (χ4v) is 9.08. The van der Waals surface area contributed by atoms with Crippen molar-refractivity contribution in [3.8, 4) is 0 Å². The lowest BCUT2D eigenvalue weighted by Gasteiger charge is -2.62. The highest BCUT2D eigenvalue weighted by molar-refractivity contribution is 6.74. The van der Waals surface area contributed by atoms with Crippen LogP contribution < -0.4 is 0 Å². The Morgan fingerprint density at radius 1 is 0.912 bits per heavy atom. The third-order valence-electron chi connectivity index (χ3n) is 11.1. The zero-order valence-electron chi connectivity index (χ0n) is 24.5. The van der Waals surface area contributed by atoms with E-state index in [1.807, 2.05) is 0 Å². The largest absolute Gasteiger partial charge is 0.416 e. The van der Waals surface area contributed by atoms with Crippen molar-refractivity contribution < 1.29 is 13.6 Å². The van der Waals surface area contributed by atoms with E-state index in [9.17, 15) is 4.79 Å². The molecule has 0 aromatic rings. The van der Waals surface area contributed by atoms with Crippen LogP contribution in [-0.2, 0) is 13.6 Å². The van der Waals surface area contributed by atoms with Gasteiger partial charge in [0, 0.05) is 18.4 Å². The number of carbonyl (C=O) groups is 1. The maximum absolute atomic E-state index is 12.8. The first kappa shape index (κ1) is 28.3. The summed E-state index contributed by atoms with van der Waals surface area (Å²) in [6.07, 6.45) is 7.76. The predicted octanol–water partition coefficient (Wildman–Crippen LogP) is 8.66. The molecule has 0 unspecified atom stereocenters. The molecular formula is C29H54O3Si2. The van der Waals surface area contributed by atoms with Gasteiger partial charge in [0.15, 0.2) is 22.4 Å². The lowest BCUT2D eigenvalue weighted by molar-refractivity contribution is -0.128. The molecule has 3 aliphatic rings. The van der Waals surface area contributed by atoms with Gasteiger partial charge in [0.25, 0.3) is 0 Å². The molecule has 0 aliphatic heterocycles. The summed E-state index contributed by atoms with van der Waals surface area (Å²) < 4.78 is 14.2. The predicted molar refractivity (Wildman–Crippen MR) is 149 cm³/mol. The summed E-state index contributed by atoms with van der Waals surface area (Å²) in [5.41, 5.74) is 2.64. The van der Waals surface area contributed by atoms with Crippen molar-refractivity contribution in [1.29, 1.82) is 0 Å². The van der Waals surface area contributed by atoms with Crippen LogP contribution in [-0.4, -0.2) is 35.1 Å². The van der Waals surface area contributed by atoms with Crippen LogP contribution in [0, 0.1) is 16.7 Å². The Balaban J connectivity index is 2.04. The van der Waals surface area contributed by atoms with Gasteiger partial charge in [0.1, 0.15) is 0 Å². The normalized spacial score (nSPS) is 33.6. The van der Waals surface area contributed by atoms with E-state index in [4.69, 9.17) is 8.85 Å². The maximum Gasteiger partial charge on any atom is 0.192 e. The molecule has 0 radical (unpaired) electrons. The lowest BCUT2D eigenvalue weighted by Crippen LogP contribution is -2.60. The zero-order valence-corrected chi connectivity index (χ0v) is 26.5. The summed E-state index contributed by atoms with van der Waals surface area (Å²) in [6.45, 7) is 29.1. The Bertz CT molecular complexity index is 829. The van der Waals surface area contributed by atoms with E-state index in [-0.39, 0.29) is 20.9 Å². The minimum Gasteiger partial charge on any atom is -0.416 e. The highest BCUT2D eigenvalue weighted by atomic mass is 28.4. The van der Waals surface area contributed by atoms with Crippen molar-refractivity contribution in [3.05, 3.63) is 11.1 Å². The Morgan fingerprint density at radius 3 is 2.06 bits per heavy atom. The van der Waals surface area contributed by atoms with Gasteiger partial charge >= 0.3 is 0 Å². The molecule has 0 bridgehead atoms. The molecule has 0 heterocycles. The van der Waals surface area contributed by atoms with Gasteiger partial charge in [0.2, 0.25) is 0 Å². The van der Waals surface area contributed by atoms with E-state index in [2.05, 4.69) is 81.6 Å². The van der Waals surface area contributed by atoms with Gasteiger partial charge in [-0.2, -0.15) is 0 Å². The molecule has 0 amide bonds. The molecule has 0 spiro atoms. The van der Waals surface area contributed by atoms with Gasteiger partial charge in [-0.3, -0.25) is 4.79 Å². The van der Waals surface area contributed by atoms with Crippen LogP contribution in [0.15, 0.2) is 11.1 Å². The van der Waals surface area contributed by atoms with Crippen LogP contribution in [0.1, 0.15) is 100 Å². The molecule has 4 atom stereocenters. The number of fused-ring (bicyclic) bond motifs is 3. The minimum atomic E-state index is -1.90. The summed E-state index contributed by atoms with van der Waals surface area (Å²) in [6, 6.07) is 0. The summed E-state index contributed by atoms with van der Waals surface area (Å²) in [7, 11) is -3.77. The van der Waals surface area contributed by atoms with E-state index in [0.717, 1.165) is 31.4 Å². The van der Waals surface area contributed by atoms with E-state index < -0.39 is 16.6 Å². The third kappa shape index (κ3) is 4.72. The van der Waals surface area contributed by atoms with Crippen molar-refractivity contribution >= 4 is 22.4 Å². The van der Waals surface area contributed by atoms with Gasteiger partial charge in [-0.05, 0) is 92.2 Å². The Morgan fingerprint density at radius 2 is 1.50 bits per heavy atom. The van der Waals surface area contributed by atoms with Crippen LogP contribution >= 0.6 is 0 Å². The second-order valence-electron chi connectivity index (χ2n) is 15.1. The van der Waals surface area contributed by atoms with Crippen molar-refractivity contribution in [1.82, 2.24) is 0 Å². The molecule has 2 fully saturated rings. The van der Waals surface area contributed by atoms with Crippen molar-refractivity contribution in [2.24, 2.45) is 16.7 Å². The summed E-state index contributed by atoms with van der Waals surface area (Å²) >= 11 is 0. The number of ketones is 1. The molecule has 34 heavy (non-hydrogen) atoms. The number of rotatable bonds is 5. The number of hydrogen-bond donors (Lipinski definition) is 0. The Hall–Kier alpha value is -0.236. The Kier molecular flexibility index (Phi) is 7.46. The molecule has 0 saturated heterocycles. The van der Waals surface area contributed by atoms with Crippen LogP contribution in [0.25, 0.3) is 0 Å². The highest BCUT2D eigenvalue weighted by Crippen LogP contribution is 2.64. The fraction of sp³-hybridized carbons (Fsp3) is 0.897. The van der Waals surface area contributed by atoms with Gasteiger partial charge in [0.05, 0.1) is 6.10 Å². The maximum atomic E-state index is 12.8. The molecule has 0 N–H and O–H groups in total. The average Bonchev–Trinajstić information content (AvgIpc) is 2.68. The molecule has 196 valence electrons. The van der Waals surface area contributed by atoms with Crippen LogP contribution in [0.3, 0.4) is 0 Å². The van der Waals surface area contributed by atoms with Crippen molar-refractivity contribution in [2.75, 3.05) is 6.61 Å².